The predicted octanol–water partition coefficient (Wildman–Crippen LogP) is 4.64. The zero-order valence-corrected chi connectivity index (χ0v) is 18.7. The minimum absolute atomic E-state index is 0.196. The van der Waals surface area contributed by atoms with Crippen molar-refractivity contribution in [2.75, 3.05) is 24.6 Å². The molecule has 2 amide bonds. The van der Waals surface area contributed by atoms with Crippen LogP contribution in [0.3, 0.4) is 0 Å². The van der Waals surface area contributed by atoms with Gasteiger partial charge < -0.3 is 9.64 Å². The molecule has 0 bridgehead atoms. The molecule has 1 aliphatic rings. The van der Waals surface area contributed by atoms with E-state index >= 15 is 0 Å². The second-order valence-electron chi connectivity index (χ2n) is 7.76. The summed E-state index contributed by atoms with van der Waals surface area (Å²) in [6.45, 7) is 0.979. The van der Waals surface area contributed by atoms with Gasteiger partial charge in [-0.3, -0.25) is 14.5 Å². The zero-order valence-electron chi connectivity index (χ0n) is 17.8. The number of halogens is 3. The minimum atomic E-state index is -4.51. The van der Waals surface area contributed by atoms with Gasteiger partial charge in [-0.05, 0) is 30.7 Å². The van der Waals surface area contributed by atoms with Crippen LogP contribution >= 0.6 is 11.3 Å². The number of hydrogen-bond acceptors (Lipinski definition) is 5. The van der Waals surface area contributed by atoms with E-state index in [-0.39, 0.29) is 19.5 Å². The lowest BCUT2D eigenvalue weighted by Crippen LogP contribution is -2.39. The predicted molar refractivity (Wildman–Crippen MR) is 119 cm³/mol. The number of benzene rings is 2. The van der Waals surface area contributed by atoms with Gasteiger partial charge in [-0.2, -0.15) is 13.2 Å². The van der Waals surface area contributed by atoms with E-state index in [1.54, 1.807) is 12.1 Å². The summed E-state index contributed by atoms with van der Waals surface area (Å²) >= 11 is 1.30. The Morgan fingerprint density at radius 2 is 2.00 bits per heavy atom. The van der Waals surface area contributed by atoms with Gasteiger partial charge in [-0.15, -0.1) is 0 Å². The fraction of sp³-hybridized carbons (Fsp3) is 0.348. The Morgan fingerprint density at radius 3 is 2.70 bits per heavy atom. The third-order valence-electron chi connectivity index (χ3n) is 5.27. The van der Waals surface area contributed by atoms with Crippen molar-refractivity contribution in [1.82, 2.24) is 9.88 Å². The number of alkyl halides is 3. The molecule has 6 nitrogen and oxygen atoms in total. The molecule has 0 spiro atoms. The van der Waals surface area contributed by atoms with Crippen LogP contribution in [0, 0.1) is 5.92 Å². The van der Waals surface area contributed by atoms with E-state index in [0.29, 0.717) is 27.9 Å². The van der Waals surface area contributed by atoms with E-state index in [1.165, 1.54) is 16.2 Å². The molecule has 0 saturated carbocycles. The quantitative estimate of drug-likeness (QED) is 0.498. The lowest BCUT2D eigenvalue weighted by molar-refractivity contribution is -0.157. The summed E-state index contributed by atoms with van der Waals surface area (Å²) < 4.78 is 44.8. The van der Waals surface area contributed by atoms with Gasteiger partial charge in [0.15, 0.2) is 5.13 Å². The molecule has 0 aliphatic carbocycles. The summed E-state index contributed by atoms with van der Waals surface area (Å²) in [4.78, 5) is 32.4. The molecule has 33 heavy (non-hydrogen) atoms. The summed E-state index contributed by atoms with van der Waals surface area (Å²) in [6.07, 6.45) is -4.76. The molecule has 1 unspecified atom stereocenters. The first kappa shape index (κ1) is 23.0. The first-order chi connectivity index (χ1) is 15.7. The van der Waals surface area contributed by atoms with Crippen LogP contribution in [0.2, 0.25) is 0 Å². The van der Waals surface area contributed by atoms with Crippen LogP contribution in [-0.2, 0) is 16.1 Å². The molecular formula is C23H22F3N3O3S. The third-order valence-corrected chi connectivity index (χ3v) is 6.32. The second kappa shape index (κ2) is 9.38. The molecule has 0 radical (unpaired) electrons. The summed E-state index contributed by atoms with van der Waals surface area (Å²) in [5.74, 6) is -1.27. The number of amides is 2. The topological polar surface area (TPSA) is 62.7 Å². The number of likely N-dealkylation sites (tertiary alicyclic amines) is 1. The number of hydrogen-bond donors (Lipinski definition) is 0. The number of aromatic nitrogens is 1. The minimum Gasteiger partial charge on any atom is -0.494 e. The summed E-state index contributed by atoms with van der Waals surface area (Å²) in [7, 11) is 0. The van der Waals surface area contributed by atoms with Crippen molar-refractivity contribution in [2.24, 2.45) is 5.92 Å². The summed E-state index contributed by atoms with van der Waals surface area (Å²) in [5.41, 5.74) is 1.53. The Balaban J connectivity index is 1.63. The number of anilines is 1. The standard InChI is InChI=1S/C23H22F3N3O3S/c1-2-32-17-8-9-18-19(11-17)33-22(27-18)29(12-15-6-4-3-5-7-15)21(31)16-10-20(30)28(13-16)14-23(24,25)26/h3-9,11,16H,2,10,12-14H2,1H3. The van der Waals surface area contributed by atoms with Crippen LogP contribution in [0.25, 0.3) is 10.2 Å². The fourth-order valence-corrected chi connectivity index (χ4v) is 4.80. The molecule has 1 fully saturated rings. The van der Waals surface area contributed by atoms with E-state index in [9.17, 15) is 22.8 Å². The SMILES string of the molecule is CCOc1ccc2nc(N(Cc3ccccc3)C(=O)C3CC(=O)N(CC(F)(F)F)C3)sc2c1. The lowest BCUT2D eigenvalue weighted by Gasteiger charge is -2.24. The van der Waals surface area contributed by atoms with Gasteiger partial charge in [-0.25, -0.2) is 4.98 Å². The molecule has 1 saturated heterocycles. The fourth-order valence-electron chi connectivity index (χ4n) is 3.80. The highest BCUT2D eigenvalue weighted by molar-refractivity contribution is 7.22. The number of nitrogens with zero attached hydrogens (tertiary/aromatic N) is 3. The van der Waals surface area contributed by atoms with Crippen LogP contribution in [0.4, 0.5) is 18.3 Å². The first-order valence-electron chi connectivity index (χ1n) is 10.5. The number of carbonyl (C=O) groups excluding carboxylic acids is 2. The number of thiazole rings is 1. The van der Waals surface area contributed by atoms with Crippen molar-refractivity contribution in [1.29, 1.82) is 0 Å². The Morgan fingerprint density at radius 1 is 1.24 bits per heavy atom. The van der Waals surface area contributed by atoms with E-state index in [1.807, 2.05) is 43.3 Å². The monoisotopic (exact) mass is 477 g/mol. The maximum absolute atomic E-state index is 13.5. The second-order valence-corrected chi connectivity index (χ2v) is 8.77. The van der Waals surface area contributed by atoms with Crippen molar-refractivity contribution in [3.05, 3.63) is 54.1 Å². The van der Waals surface area contributed by atoms with Gasteiger partial charge >= 0.3 is 6.18 Å². The molecule has 1 aliphatic heterocycles. The van der Waals surface area contributed by atoms with Crippen molar-refractivity contribution >= 4 is 38.5 Å². The third kappa shape index (κ3) is 5.44. The van der Waals surface area contributed by atoms with Gasteiger partial charge in [0.1, 0.15) is 12.3 Å². The normalized spacial score (nSPS) is 16.4. The summed E-state index contributed by atoms with van der Waals surface area (Å²) in [5, 5.41) is 0.425. The number of carbonyl (C=O) groups is 2. The van der Waals surface area contributed by atoms with Crippen LogP contribution < -0.4 is 9.64 Å². The van der Waals surface area contributed by atoms with Crippen LogP contribution in [0.5, 0.6) is 5.75 Å². The van der Waals surface area contributed by atoms with Gasteiger partial charge in [0.05, 0.1) is 29.3 Å². The first-order valence-corrected chi connectivity index (χ1v) is 11.3. The number of rotatable bonds is 7. The van der Waals surface area contributed by atoms with E-state index in [2.05, 4.69) is 4.98 Å². The van der Waals surface area contributed by atoms with Crippen molar-refractivity contribution < 1.29 is 27.5 Å². The van der Waals surface area contributed by atoms with Crippen LogP contribution in [0.1, 0.15) is 18.9 Å². The molecule has 2 heterocycles. The smallest absolute Gasteiger partial charge is 0.406 e. The zero-order chi connectivity index (χ0) is 23.6. The molecular weight excluding hydrogens is 455 g/mol. The van der Waals surface area contributed by atoms with E-state index in [4.69, 9.17) is 4.74 Å². The van der Waals surface area contributed by atoms with Gasteiger partial charge in [0.2, 0.25) is 11.8 Å². The molecule has 10 heteroatoms. The Labute approximate surface area is 192 Å². The summed E-state index contributed by atoms with van der Waals surface area (Å²) in [6, 6.07) is 14.7. The highest BCUT2D eigenvalue weighted by atomic mass is 32.1. The largest absolute Gasteiger partial charge is 0.494 e. The lowest BCUT2D eigenvalue weighted by atomic mass is 10.1. The van der Waals surface area contributed by atoms with E-state index in [0.717, 1.165) is 10.3 Å². The average Bonchev–Trinajstić information content (AvgIpc) is 3.34. The maximum atomic E-state index is 13.5. The van der Waals surface area contributed by atoms with Gasteiger partial charge in [0.25, 0.3) is 0 Å². The Bertz CT molecular complexity index is 1150. The molecule has 1 atom stereocenters. The Kier molecular flexibility index (Phi) is 6.55. The van der Waals surface area contributed by atoms with Gasteiger partial charge in [0, 0.05) is 13.0 Å². The number of fused-ring (bicyclic) bond motifs is 1. The molecule has 4 rings (SSSR count). The molecule has 2 aromatic carbocycles. The molecule has 3 aromatic rings. The Hall–Kier alpha value is -3.14. The molecule has 174 valence electrons. The molecule has 0 N–H and O–H groups in total. The molecule has 1 aromatic heterocycles. The van der Waals surface area contributed by atoms with Crippen molar-refractivity contribution in [3.8, 4) is 5.75 Å². The van der Waals surface area contributed by atoms with Crippen molar-refractivity contribution in [3.63, 3.8) is 0 Å². The number of ether oxygens (including phenoxy) is 1. The highest BCUT2D eigenvalue weighted by Crippen LogP contribution is 2.34. The maximum Gasteiger partial charge on any atom is 0.406 e. The van der Waals surface area contributed by atoms with E-state index < -0.39 is 30.5 Å². The van der Waals surface area contributed by atoms with Crippen molar-refractivity contribution in [2.45, 2.75) is 26.1 Å². The highest BCUT2D eigenvalue weighted by Gasteiger charge is 2.42. The van der Waals surface area contributed by atoms with Gasteiger partial charge in [-0.1, -0.05) is 41.7 Å². The van der Waals surface area contributed by atoms with Crippen LogP contribution in [0.15, 0.2) is 48.5 Å². The van der Waals surface area contributed by atoms with Crippen LogP contribution in [-0.4, -0.2) is 47.6 Å². The average molecular weight is 478 g/mol.